The molecule has 46 heavy (non-hydrogen) atoms. The van der Waals surface area contributed by atoms with Crippen LogP contribution in [0.3, 0.4) is 0 Å². The minimum Gasteiger partial charge on any atom is -0.497 e. The van der Waals surface area contributed by atoms with Crippen molar-refractivity contribution in [3.63, 3.8) is 0 Å². The van der Waals surface area contributed by atoms with Crippen molar-refractivity contribution in [1.82, 2.24) is 29.0 Å². The fourth-order valence-corrected chi connectivity index (χ4v) is 5.61. The number of carbonyl (C=O) groups is 1. The van der Waals surface area contributed by atoms with E-state index >= 15 is 0 Å². The Labute approximate surface area is 269 Å². The monoisotopic (exact) mass is 620 g/mol. The summed E-state index contributed by atoms with van der Waals surface area (Å²) in [5, 5.41) is 8.83. The summed E-state index contributed by atoms with van der Waals surface area (Å²) < 4.78 is 15.9. The van der Waals surface area contributed by atoms with E-state index in [0.717, 1.165) is 56.5 Å². The van der Waals surface area contributed by atoms with Crippen LogP contribution in [0.15, 0.2) is 90.2 Å². The van der Waals surface area contributed by atoms with Crippen LogP contribution < -0.4 is 15.0 Å². The third-order valence-corrected chi connectivity index (χ3v) is 7.89. The largest absolute Gasteiger partial charge is 0.497 e. The minimum absolute atomic E-state index is 0.0223. The molecule has 0 bridgehead atoms. The molecule has 0 atom stereocenters. The molecule has 0 spiro atoms. The van der Waals surface area contributed by atoms with Crippen molar-refractivity contribution in [1.29, 1.82) is 0 Å². The SMILES string of the molecule is CCN1C(=O)CCC(n2cc(C)cn2)=C1c1ccc(OC)cc1.CCn1c(-c2ccc(OC)cc2)c(-n2cc(C)cn2)ccc1=O. The van der Waals surface area contributed by atoms with Gasteiger partial charge in [-0.1, -0.05) is 0 Å². The van der Waals surface area contributed by atoms with E-state index < -0.39 is 0 Å². The predicted molar refractivity (Wildman–Crippen MR) is 180 cm³/mol. The number of carbonyl (C=O) groups excluding carboxylic acids is 1. The lowest BCUT2D eigenvalue weighted by Crippen LogP contribution is -2.34. The highest BCUT2D eigenvalue weighted by Gasteiger charge is 2.28. The van der Waals surface area contributed by atoms with Crippen LogP contribution in [-0.4, -0.2) is 55.7 Å². The van der Waals surface area contributed by atoms with Crippen LogP contribution in [0, 0.1) is 13.8 Å². The molecule has 1 amide bonds. The summed E-state index contributed by atoms with van der Waals surface area (Å²) in [5.41, 5.74) is 7.84. The molecule has 10 heteroatoms. The summed E-state index contributed by atoms with van der Waals surface area (Å²) in [6.45, 7) is 9.21. The summed E-state index contributed by atoms with van der Waals surface area (Å²) in [6.07, 6.45) is 8.80. The number of pyridine rings is 1. The molecule has 5 aromatic rings. The van der Waals surface area contributed by atoms with Gasteiger partial charge in [0.05, 0.1) is 49.4 Å². The van der Waals surface area contributed by atoms with Gasteiger partial charge in [-0.15, -0.1) is 0 Å². The Morgan fingerprint density at radius 3 is 1.76 bits per heavy atom. The van der Waals surface area contributed by atoms with Crippen molar-refractivity contribution in [2.75, 3.05) is 20.8 Å². The number of benzene rings is 2. The second-order valence-electron chi connectivity index (χ2n) is 11.0. The zero-order valence-corrected chi connectivity index (χ0v) is 27.2. The van der Waals surface area contributed by atoms with Gasteiger partial charge in [-0.05, 0) is 93.4 Å². The number of hydrogen-bond donors (Lipinski definition) is 0. The van der Waals surface area contributed by atoms with Crippen molar-refractivity contribution in [2.24, 2.45) is 0 Å². The van der Waals surface area contributed by atoms with E-state index in [0.29, 0.717) is 25.9 Å². The fourth-order valence-electron chi connectivity index (χ4n) is 5.61. The van der Waals surface area contributed by atoms with Gasteiger partial charge in [0, 0.05) is 55.5 Å². The maximum atomic E-state index is 12.4. The molecule has 0 unspecified atom stereocenters. The number of nitrogens with zero attached hydrogens (tertiary/aromatic N) is 6. The summed E-state index contributed by atoms with van der Waals surface area (Å²) in [7, 11) is 3.28. The number of hydrogen-bond acceptors (Lipinski definition) is 6. The van der Waals surface area contributed by atoms with Crippen molar-refractivity contribution in [3.8, 4) is 28.4 Å². The number of amides is 1. The number of allylic oxidation sites excluding steroid dienone is 1. The summed E-state index contributed by atoms with van der Waals surface area (Å²) in [5.74, 6) is 1.74. The van der Waals surface area contributed by atoms with E-state index in [1.165, 1.54) is 0 Å². The number of ether oxygens (including phenoxy) is 2. The molecule has 10 nitrogen and oxygen atoms in total. The summed E-state index contributed by atoms with van der Waals surface area (Å²) in [4.78, 5) is 26.5. The van der Waals surface area contributed by atoms with Crippen molar-refractivity contribution in [3.05, 3.63) is 112 Å². The molecule has 3 aromatic heterocycles. The lowest BCUT2D eigenvalue weighted by atomic mass is 10.0. The number of aryl methyl sites for hydroxylation is 2. The molecule has 4 heterocycles. The molecule has 0 saturated carbocycles. The smallest absolute Gasteiger partial charge is 0.251 e. The molecule has 0 fully saturated rings. The first-order valence-corrected chi connectivity index (χ1v) is 15.4. The van der Waals surface area contributed by atoms with E-state index in [4.69, 9.17) is 9.47 Å². The minimum atomic E-state index is -0.0223. The summed E-state index contributed by atoms with van der Waals surface area (Å²) in [6, 6.07) is 18.9. The average Bonchev–Trinajstić information content (AvgIpc) is 3.72. The second-order valence-corrected chi connectivity index (χ2v) is 11.0. The Morgan fingerprint density at radius 2 is 1.26 bits per heavy atom. The van der Waals surface area contributed by atoms with Crippen LogP contribution in [0.4, 0.5) is 0 Å². The van der Waals surface area contributed by atoms with Gasteiger partial charge in [-0.25, -0.2) is 9.36 Å². The van der Waals surface area contributed by atoms with Crippen molar-refractivity contribution < 1.29 is 14.3 Å². The Hall–Kier alpha value is -5.38. The van der Waals surface area contributed by atoms with Crippen LogP contribution in [-0.2, 0) is 11.3 Å². The predicted octanol–water partition coefficient (Wildman–Crippen LogP) is 6.21. The van der Waals surface area contributed by atoms with Crippen LogP contribution in [0.2, 0.25) is 0 Å². The maximum absolute atomic E-state index is 12.4. The maximum Gasteiger partial charge on any atom is 0.251 e. The Kier molecular flexibility index (Phi) is 9.85. The van der Waals surface area contributed by atoms with Crippen molar-refractivity contribution in [2.45, 2.75) is 47.1 Å². The van der Waals surface area contributed by atoms with E-state index in [1.54, 1.807) is 35.7 Å². The summed E-state index contributed by atoms with van der Waals surface area (Å²) >= 11 is 0. The first-order valence-electron chi connectivity index (χ1n) is 15.4. The van der Waals surface area contributed by atoms with Gasteiger partial charge >= 0.3 is 0 Å². The van der Waals surface area contributed by atoms with Gasteiger partial charge in [-0.2, -0.15) is 10.2 Å². The molecule has 0 radical (unpaired) electrons. The van der Waals surface area contributed by atoms with E-state index in [1.807, 2.05) is 110 Å². The van der Waals surface area contributed by atoms with Gasteiger partial charge in [-0.3, -0.25) is 9.59 Å². The second kappa shape index (κ2) is 14.2. The molecule has 0 N–H and O–H groups in total. The lowest BCUT2D eigenvalue weighted by Gasteiger charge is -2.31. The van der Waals surface area contributed by atoms with Gasteiger partial charge in [0.15, 0.2) is 0 Å². The zero-order valence-electron chi connectivity index (χ0n) is 27.2. The highest BCUT2D eigenvalue weighted by molar-refractivity contribution is 5.97. The number of methoxy groups -OCH3 is 2. The number of rotatable bonds is 8. The zero-order chi connectivity index (χ0) is 32.8. The standard InChI is InChI=1S/C18H21N3O2.C18H19N3O2/c2*1-4-20-17(22)10-9-16(21-12-13(2)11-19-21)18(20)14-5-7-15(23-3)8-6-14/h5-8,11-12H,4,9-10H2,1-3H3;5-12H,4H2,1-3H3. The molecule has 2 aromatic carbocycles. The van der Waals surface area contributed by atoms with Crippen LogP contribution in [0.5, 0.6) is 11.5 Å². The molecular weight excluding hydrogens is 580 g/mol. The molecule has 0 aliphatic carbocycles. The molecule has 0 saturated heterocycles. The normalized spacial score (nSPS) is 13.0. The number of aromatic nitrogens is 5. The molecule has 1 aliphatic rings. The topological polar surface area (TPSA) is 96.4 Å². The first kappa shape index (κ1) is 32.0. The molecule has 1 aliphatic heterocycles. The highest BCUT2D eigenvalue weighted by Crippen LogP contribution is 2.34. The van der Waals surface area contributed by atoms with Gasteiger partial charge in [0.1, 0.15) is 11.5 Å². The fraction of sp³-hybridized carbons (Fsp3) is 0.278. The van der Waals surface area contributed by atoms with Crippen LogP contribution >= 0.6 is 0 Å². The molecule has 238 valence electrons. The van der Waals surface area contributed by atoms with E-state index in [-0.39, 0.29) is 11.5 Å². The van der Waals surface area contributed by atoms with Crippen LogP contribution in [0.25, 0.3) is 28.3 Å². The Balaban J connectivity index is 0.000000181. The first-order chi connectivity index (χ1) is 22.3. The average molecular weight is 621 g/mol. The lowest BCUT2D eigenvalue weighted by molar-refractivity contribution is -0.128. The van der Waals surface area contributed by atoms with Gasteiger partial charge in [0.2, 0.25) is 5.91 Å². The highest BCUT2D eigenvalue weighted by atomic mass is 16.5. The Morgan fingerprint density at radius 1 is 0.696 bits per heavy atom. The molecule has 6 rings (SSSR count). The quantitative estimate of drug-likeness (QED) is 0.205. The van der Waals surface area contributed by atoms with E-state index in [2.05, 4.69) is 10.2 Å². The molecular formula is C36H40N6O4. The third-order valence-electron chi connectivity index (χ3n) is 7.89. The third kappa shape index (κ3) is 6.66. The van der Waals surface area contributed by atoms with Crippen LogP contribution in [0.1, 0.15) is 43.4 Å². The van der Waals surface area contributed by atoms with Gasteiger partial charge < -0.3 is 18.9 Å². The Bertz CT molecular complexity index is 1900. The van der Waals surface area contributed by atoms with Gasteiger partial charge in [0.25, 0.3) is 5.56 Å². The van der Waals surface area contributed by atoms with Crippen molar-refractivity contribution >= 4 is 17.3 Å². The van der Waals surface area contributed by atoms with E-state index in [9.17, 15) is 9.59 Å².